The Bertz CT molecular complexity index is 1440. The van der Waals surface area contributed by atoms with Crippen LogP contribution in [0.25, 0.3) is 0 Å². The molecule has 1 amide bonds. The molecule has 1 N–H and O–H groups in total. The maximum atomic E-state index is 13.6. The molecule has 190 valence electrons. The third-order valence-electron chi connectivity index (χ3n) is 6.68. The Labute approximate surface area is 218 Å². The molecule has 2 heterocycles. The second-order valence-electron chi connectivity index (χ2n) is 9.19. The van der Waals surface area contributed by atoms with Crippen LogP contribution in [0.15, 0.2) is 101 Å². The number of likely N-dealkylation sites (tertiary alicyclic amines) is 1. The first-order chi connectivity index (χ1) is 18.3. The van der Waals surface area contributed by atoms with Crippen molar-refractivity contribution in [3.8, 4) is 0 Å². The minimum Gasteiger partial charge on any atom is -0.479 e. The fourth-order valence-electron chi connectivity index (χ4n) is 4.67. The van der Waals surface area contributed by atoms with Crippen molar-refractivity contribution in [1.82, 2.24) is 4.90 Å². The fourth-order valence-corrected chi connectivity index (χ4v) is 4.67. The summed E-state index contributed by atoms with van der Waals surface area (Å²) in [5.74, 6) is -2.96. The van der Waals surface area contributed by atoms with Gasteiger partial charge in [0, 0.05) is 16.7 Å². The predicted octanol–water partition coefficient (Wildman–Crippen LogP) is 3.84. The van der Waals surface area contributed by atoms with Crippen LogP contribution in [-0.2, 0) is 14.3 Å². The number of amides is 1. The molecule has 3 atom stereocenters. The summed E-state index contributed by atoms with van der Waals surface area (Å²) in [4.78, 5) is 58.3. The molecule has 0 aromatic heterocycles. The number of aryl methyl sites for hydroxylation is 1. The normalized spacial score (nSPS) is 18.4. The predicted molar refractivity (Wildman–Crippen MR) is 139 cm³/mol. The number of aliphatic imine (C=N–C) groups is 1. The van der Waals surface area contributed by atoms with E-state index in [2.05, 4.69) is 4.99 Å². The molecule has 3 aromatic carbocycles. The van der Waals surface area contributed by atoms with Gasteiger partial charge in [0.05, 0.1) is 5.57 Å². The van der Waals surface area contributed by atoms with Crippen molar-refractivity contribution in [2.45, 2.75) is 32.2 Å². The van der Waals surface area contributed by atoms with Crippen LogP contribution >= 0.6 is 0 Å². The van der Waals surface area contributed by atoms with E-state index >= 15 is 0 Å². The van der Waals surface area contributed by atoms with E-state index < -0.39 is 41.8 Å². The summed E-state index contributed by atoms with van der Waals surface area (Å²) in [6, 6.07) is 21.2. The number of fused-ring (bicyclic) bond motifs is 1. The number of Topliss-reactive ketones (excluding diaryl/α,β-unsaturated/α-hetero) is 2. The number of benzene rings is 3. The van der Waals surface area contributed by atoms with E-state index in [1.807, 2.05) is 31.2 Å². The van der Waals surface area contributed by atoms with Gasteiger partial charge in [-0.2, -0.15) is 0 Å². The highest BCUT2D eigenvalue weighted by Gasteiger charge is 2.58. The number of ketones is 2. The number of aliphatic carboxylic acids is 1. The Balaban J connectivity index is 1.54. The molecule has 3 unspecified atom stereocenters. The number of carbonyl (C=O) groups excluding carboxylic acids is 3. The fraction of sp³-hybridized carbons (Fsp3) is 0.167. The van der Waals surface area contributed by atoms with Crippen LogP contribution in [0.5, 0.6) is 0 Å². The maximum absolute atomic E-state index is 13.6. The zero-order valence-electron chi connectivity index (χ0n) is 20.7. The molecule has 38 heavy (non-hydrogen) atoms. The number of ether oxygens (including phenoxy) is 1. The molecular formula is C30H24N2O6. The second kappa shape index (κ2) is 9.89. The Morgan fingerprint density at radius 2 is 1.39 bits per heavy atom. The maximum Gasteiger partial charge on any atom is 0.330 e. The highest BCUT2D eigenvalue weighted by molar-refractivity contribution is 6.31. The first-order valence-corrected chi connectivity index (χ1v) is 12.0. The van der Waals surface area contributed by atoms with Gasteiger partial charge in [0.2, 0.25) is 12.1 Å². The molecule has 8 heteroatoms. The standard InChI is InChI=1S/C30H24N2O6/c1-17-13-15-21(16-14-17)27-31-23-28(35)32(29(23)38-27)24(30(36)37)18(2)22(25(33)19-9-5-3-6-10-19)26(34)20-11-7-4-8-12-20/h3-16,23-24,29H,1-2H3,(H,36,37). The summed E-state index contributed by atoms with van der Waals surface area (Å²) >= 11 is 0. The summed E-state index contributed by atoms with van der Waals surface area (Å²) in [7, 11) is 0. The third-order valence-corrected chi connectivity index (χ3v) is 6.68. The SMILES string of the molecule is CC(=C(C(=O)c1ccccc1)C(=O)c1ccccc1)C(C(=O)O)N1C(=O)C2N=C(c3ccc(C)cc3)OC21. The van der Waals surface area contributed by atoms with Gasteiger partial charge >= 0.3 is 5.97 Å². The van der Waals surface area contributed by atoms with Crippen molar-refractivity contribution >= 4 is 29.3 Å². The van der Waals surface area contributed by atoms with E-state index in [0.29, 0.717) is 5.56 Å². The quantitative estimate of drug-likeness (QED) is 0.163. The van der Waals surface area contributed by atoms with E-state index in [0.717, 1.165) is 10.5 Å². The average molecular weight is 509 g/mol. The molecule has 1 fully saturated rings. The lowest BCUT2D eigenvalue weighted by Crippen LogP contribution is -2.68. The molecule has 2 aliphatic heterocycles. The molecule has 8 nitrogen and oxygen atoms in total. The Morgan fingerprint density at radius 1 is 0.868 bits per heavy atom. The van der Waals surface area contributed by atoms with Crippen LogP contribution < -0.4 is 0 Å². The Hall–Kier alpha value is -4.85. The molecule has 0 bridgehead atoms. The van der Waals surface area contributed by atoms with Gasteiger partial charge in [0.1, 0.15) is 0 Å². The van der Waals surface area contributed by atoms with Crippen LogP contribution in [0.2, 0.25) is 0 Å². The highest BCUT2D eigenvalue weighted by atomic mass is 16.5. The van der Waals surface area contributed by atoms with E-state index in [1.54, 1.807) is 60.7 Å². The monoisotopic (exact) mass is 508 g/mol. The lowest BCUT2D eigenvalue weighted by Gasteiger charge is -2.44. The molecular weight excluding hydrogens is 484 g/mol. The van der Waals surface area contributed by atoms with E-state index in [-0.39, 0.29) is 28.2 Å². The summed E-state index contributed by atoms with van der Waals surface area (Å²) < 4.78 is 5.92. The topological polar surface area (TPSA) is 113 Å². The number of β-lactam (4-membered cyclic amide) rings is 1. The number of hydrogen-bond acceptors (Lipinski definition) is 6. The lowest BCUT2D eigenvalue weighted by atomic mass is 9.87. The van der Waals surface area contributed by atoms with Crippen molar-refractivity contribution in [2.75, 3.05) is 0 Å². The number of carbonyl (C=O) groups is 4. The minimum absolute atomic E-state index is 0.0561. The van der Waals surface area contributed by atoms with Gasteiger partial charge in [-0.1, -0.05) is 78.4 Å². The van der Waals surface area contributed by atoms with Gasteiger partial charge in [0.15, 0.2) is 23.7 Å². The van der Waals surface area contributed by atoms with Crippen LogP contribution in [0.3, 0.4) is 0 Å². The largest absolute Gasteiger partial charge is 0.479 e. The van der Waals surface area contributed by atoms with Gasteiger partial charge in [-0.3, -0.25) is 19.3 Å². The third kappa shape index (κ3) is 4.30. The van der Waals surface area contributed by atoms with Crippen molar-refractivity contribution in [3.63, 3.8) is 0 Å². The lowest BCUT2D eigenvalue weighted by molar-refractivity contribution is -0.174. The number of rotatable bonds is 8. The molecule has 5 rings (SSSR count). The number of nitrogens with zero attached hydrogens (tertiary/aromatic N) is 2. The molecule has 2 aliphatic rings. The molecule has 1 saturated heterocycles. The highest BCUT2D eigenvalue weighted by Crippen LogP contribution is 2.36. The average Bonchev–Trinajstić information content (AvgIpc) is 3.33. The molecule has 0 saturated carbocycles. The molecule has 0 aliphatic carbocycles. The van der Waals surface area contributed by atoms with Crippen LogP contribution in [0.4, 0.5) is 0 Å². The van der Waals surface area contributed by atoms with Gasteiger partial charge in [0.25, 0.3) is 5.91 Å². The number of carboxylic acids is 1. The molecule has 3 aromatic rings. The van der Waals surface area contributed by atoms with Gasteiger partial charge in [-0.05, 0) is 31.6 Å². The van der Waals surface area contributed by atoms with Crippen molar-refractivity contribution in [3.05, 3.63) is 118 Å². The molecule has 0 radical (unpaired) electrons. The van der Waals surface area contributed by atoms with Crippen LogP contribution in [-0.4, -0.2) is 57.7 Å². The number of hydrogen-bond donors (Lipinski definition) is 1. The number of allylic oxidation sites excluding steroid dienone is 1. The first-order valence-electron chi connectivity index (χ1n) is 12.0. The van der Waals surface area contributed by atoms with Crippen LogP contribution in [0, 0.1) is 6.92 Å². The summed E-state index contributed by atoms with van der Waals surface area (Å²) in [6.45, 7) is 3.33. The van der Waals surface area contributed by atoms with E-state index in [9.17, 15) is 24.3 Å². The van der Waals surface area contributed by atoms with Crippen molar-refractivity contribution in [1.29, 1.82) is 0 Å². The second-order valence-corrected chi connectivity index (χ2v) is 9.19. The van der Waals surface area contributed by atoms with Crippen molar-refractivity contribution < 1.29 is 29.0 Å². The smallest absolute Gasteiger partial charge is 0.330 e. The number of carboxylic acid groups (broad SMARTS) is 1. The minimum atomic E-state index is -1.60. The van der Waals surface area contributed by atoms with E-state index in [4.69, 9.17) is 4.74 Å². The van der Waals surface area contributed by atoms with Gasteiger partial charge in [-0.25, -0.2) is 9.79 Å². The summed E-state index contributed by atoms with van der Waals surface area (Å²) in [5, 5.41) is 10.2. The Morgan fingerprint density at radius 3 is 1.89 bits per heavy atom. The summed E-state index contributed by atoms with van der Waals surface area (Å²) in [5.41, 5.74) is 1.80. The Kier molecular flexibility index (Phi) is 6.46. The van der Waals surface area contributed by atoms with Gasteiger partial charge < -0.3 is 9.84 Å². The first kappa shape index (κ1) is 24.8. The zero-order chi connectivity index (χ0) is 27.0. The zero-order valence-corrected chi connectivity index (χ0v) is 20.7. The van der Waals surface area contributed by atoms with Gasteiger partial charge in [-0.15, -0.1) is 0 Å². The molecule has 0 spiro atoms. The van der Waals surface area contributed by atoms with Crippen molar-refractivity contribution in [2.24, 2.45) is 4.99 Å². The van der Waals surface area contributed by atoms with Crippen LogP contribution in [0.1, 0.15) is 38.8 Å². The summed E-state index contributed by atoms with van der Waals surface area (Å²) in [6.07, 6.45) is -0.963. The van der Waals surface area contributed by atoms with E-state index in [1.165, 1.54) is 6.92 Å².